The van der Waals surface area contributed by atoms with Gasteiger partial charge in [-0.05, 0) is 43.9 Å². The van der Waals surface area contributed by atoms with Crippen molar-refractivity contribution in [1.82, 2.24) is 10.2 Å². The number of hydrogen-bond donors (Lipinski definition) is 2. The minimum atomic E-state index is -0.738. The van der Waals surface area contributed by atoms with Crippen LogP contribution in [0.2, 0.25) is 0 Å². The summed E-state index contributed by atoms with van der Waals surface area (Å²) >= 11 is 0. The van der Waals surface area contributed by atoms with Crippen LogP contribution in [0.1, 0.15) is 52.4 Å². The zero-order valence-electron chi connectivity index (χ0n) is 12.5. The van der Waals surface area contributed by atoms with E-state index in [0.717, 1.165) is 38.8 Å². The van der Waals surface area contributed by atoms with Crippen LogP contribution in [0.15, 0.2) is 0 Å². The van der Waals surface area contributed by atoms with E-state index in [2.05, 4.69) is 19.2 Å². The van der Waals surface area contributed by atoms with Gasteiger partial charge in [-0.15, -0.1) is 0 Å². The first-order valence-electron chi connectivity index (χ1n) is 7.66. The summed E-state index contributed by atoms with van der Waals surface area (Å²) in [7, 11) is 0. The van der Waals surface area contributed by atoms with Crippen molar-refractivity contribution in [2.24, 2.45) is 11.3 Å². The van der Waals surface area contributed by atoms with Crippen LogP contribution in [0.3, 0.4) is 0 Å². The van der Waals surface area contributed by atoms with Crippen molar-refractivity contribution in [1.29, 1.82) is 0 Å². The third-order valence-electron chi connectivity index (χ3n) is 4.74. The van der Waals surface area contributed by atoms with E-state index in [0.29, 0.717) is 18.3 Å². The highest BCUT2D eigenvalue weighted by atomic mass is 16.4. The van der Waals surface area contributed by atoms with E-state index in [4.69, 9.17) is 5.11 Å². The molecule has 114 valence electrons. The Bertz CT molecular complexity index is 381. The number of carboxylic acid groups (broad SMARTS) is 1. The molecule has 0 unspecified atom stereocenters. The Kier molecular flexibility index (Phi) is 4.55. The summed E-state index contributed by atoms with van der Waals surface area (Å²) in [6.45, 7) is 6.11. The summed E-state index contributed by atoms with van der Waals surface area (Å²) in [5.74, 6) is -1.03. The normalized spacial score (nSPS) is 29.8. The van der Waals surface area contributed by atoms with Gasteiger partial charge in [0.1, 0.15) is 0 Å². The predicted molar refractivity (Wildman–Crippen MR) is 76.5 cm³/mol. The van der Waals surface area contributed by atoms with Crippen molar-refractivity contribution in [2.75, 3.05) is 13.1 Å². The zero-order valence-corrected chi connectivity index (χ0v) is 12.5. The minimum absolute atomic E-state index is 0.0151. The van der Waals surface area contributed by atoms with Crippen LogP contribution in [-0.2, 0) is 4.79 Å². The Morgan fingerprint density at radius 2 is 1.95 bits per heavy atom. The second-order valence-electron chi connectivity index (χ2n) is 7.00. The molecule has 2 rings (SSSR count). The number of nitrogens with zero attached hydrogens (tertiary/aromatic N) is 1. The maximum Gasteiger partial charge on any atom is 0.317 e. The molecular formula is C15H26N2O3. The van der Waals surface area contributed by atoms with Gasteiger partial charge in [0.2, 0.25) is 0 Å². The Balaban J connectivity index is 1.82. The first kappa shape index (κ1) is 15.1. The number of likely N-dealkylation sites (tertiary alicyclic amines) is 1. The number of hydrogen-bond acceptors (Lipinski definition) is 2. The van der Waals surface area contributed by atoms with E-state index in [-0.39, 0.29) is 18.0 Å². The summed E-state index contributed by atoms with van der Waals surface area (Å²) in [4.78, 5) is 25.1. The number of amides is 2. The fraction of sp³-hybridized carbons (Fsp3) is 0.867. The Labute approximate surface area is 120 Å². The molecule has 0 bridgehead atoms. The van der Waals surface area contributed by atoms with Crippen LogP contribution in [0.25, 0.3) is 0 Å². The largest absolute Gasteiger partial charge is 0.481 e. The van der Waals surface area contributed by atoms with Crippen molar-refractivity contribution in [3.63, 3.8) is 0 Å². The highest BCUT2D eigenvalue weighted by Gasteiger charge is 2.32. The van der Waals surface area contributed by atoms with Gasteiger partial charge in [-0.25, -0.2) is 4.79 Å². The summed E-state index contributed by atoms with van der Waals surface area (Å²) in [5.41, 5.74) is 0.316. The smallest absolute Gasteiger partial charge is 0.317 e. The predicted octanol–water partition coefficient (Wildman–Crippen LogP) is 2.46. The summed E-state index contributed by atoms with van der Waals surface area (Å²) in [6, 6.07) is 0.0126. The molecule has 1 saturated carbocycles. The molecule has 0 aromatic heterocycles. The van der Waals surface area contributed by atoms with E-state index in [1.54, 1.807) is 0 Å². The Hall–Kier alpha value is -1.26. The van der Waals surface area contributed by atoms with Crippen molar-refractivity contribution >= 4 is 12.0 Å². The number of nitrogens with one attached hydrogen (secondary N) is 1. The molecule has 1 aliphatic heterocycles. The molecule has 2 fully saturated rings. The van der Waals surface area contributed by atoms with Gasteiger partial charge < -0.3 is 15.3 Å². The molecule has 5 heteroatoms. The molecule has 1 heterocycles. The van der Waals surface area contributed by atoms with E-state index in [1.165, 1.54) is 0 Å². The monoisotopic (exact) mass is 282 g/mol. The van der Waals surface area contributed by atoms with Gasteiger partial charge in [0.15, 0.2) is 0 Å². The molecule has 1 aliphatic carbocycles. The van der Waals surface area contributed by atoms with Crippen molar-refractivity contribution in [3.05, 3.63) is 0 Å². The first-order valence-corrected chi connectivity index (χ1v) is 7.66. The third-order valence-corrected chi connectivity index (χ3v) is 4.74. The molecule has 2 aliphatic rings. The van der Waals surface area contributed by atoms with Crippen LogP contribution < -0.4 is 5.32 Å². The van der Waals surface area contributed by atoms with Gasteiger partial charge in [0, 0.05) is 19.1 Å². The van der Waals surface area contributed by atoms with Crippen LogP contribution in [0.5, 0.6) is 0 Å². The summed E-state index contributed by atoms with van der Waals surface area (Å²) in [6.07, 6.45) is 5.25. The van der Waals surface area contributed by atoms with E-state index in [9.17, 15) is 9.59 Å². The molecule has 0 aromatic rings. The lowest BCUT2D eigenvalue weighted by molar-refractivity contribution is -0.141. The van der Waals surface area contributed by atoms with Gasteiger partial charge >= 0.3 is 12.0 Å². The Morgan fingerprint density at radius 1 is 1.20 bits per heavy atom. The number of aliphatic carboxylic acids is 1. The second kappa shape index (κ2) is 6.02. The number of carboxylic acids is 1. The lowest BCUT2D eigenvalue weighted by atomic mass is 9.85. The van der Waals surface area contributed by atoms with Gasteiger partial charge in [-0.3, -0.25) is 4.79 Å². The third kappa shape index (κ3) is 3.87. The van der Waals surface area contributed by atoms with Gasteiger partial charge in [0.05, 0.1) is 5.92 Å². The number of urea groups is 1. The molecule has 20 heavy (non-hydrogen) atoms. The van der Waals surface area contributed by atoms with Crippen LogP contribution in [0, 0.1) is 11.3 Å². The SMILES string of the molecule is CC1(C)CCCN(C(=O)N[C@H]2CC[C@@H](C(=O)O)C2)CC1. The molecule has 2 N–H and O–H groups in total. The average Bonchev–Trinajstić information content (AvgIpc) is 2.74. The molecule has 1 saturated heterocycles. The summed E-state index contributed by atoms with van der Waals surface area (Å²) < 4.78 is 0. The van der Waals surface area contributed by atoms with Crippen LogP contribution in [-0.4, -0.2) is 41.1 Å². The molecule has 0 spiro atoms. The van der Waals surface area contributed by atoms with E-state index < -0.39 is 5.97 Å². The molecule has 5 nitrogen and oxygen atoms in total. The minimum Gasteiger partial charge on any atom is -0.481 e. The lowest BCUT2D eigenvalue weighted by Crippen LogP contribution is -2.44. The van der Waals surface area contributed by atoms with E-state index in [1.807, 2.05) is 4.90 Å². The molecular weight excluding hydrogens is 256 g/mol. The van der Waals surface area contributed by atoms with Crippen LogP contribution >= 0.6 is 0 Å². The molecule has 0 radical (unpaired) electrons. The quantitative estimate of drug-likeness (QED) is 0.817. The standard InChI is InChI=1S/C15H26N2O3/c1-15(2)6-3-8-17(9-7-15)14(20)16-12-5-4-11(10-12)13(18)19/h11-12H,3-10H2,1-2H3,(H,16,20)(H,18,19)/t11-,12+/m1/s1. The topological polar surface area (TPSA) is 69.6 Å². The second-order valence-corrected chi connectivity index (χ2v) is 7.00. The van der Waals surface area contributed by atoms with Gasteiger partial charge in [-0.1, -0.05) is 13.8 Å². The highest BCUT2D eigenvalue weighted by molar-refractivity contribution is 5.75. The average molecular weight is 282 g/mol. The maximum absolute atomic E-state index is 12.3. The molecule has 2 amide bonds. The number of rotatable bonds is 2. The first-order chi connectivity index (χ1) is 9.37. The zero-order chi connectivity index (χ0) is 14.8. The summed E-state index contributed by atoms with van der Waals surface area (Å²) in [5, 5.41) is 12.0. The fourth-order valence-corrected chi connectivity index (χ4v) is 3.23. The number of carbonyl (C=O) groups excluding carboxylic acids is 1. The van der Waals surface area contributed by atoms with Gasteiger partial charge in [0.25, 0.3) is 0 Å². The molecule has 0 aromatic carbocycles. The Morgan fingerprint density at radius 3 is 2.60 bits per heavy atom. The van der Waals surface area contributed by atoms with E-state index >= 15 is 0 Å². The van der Waals surface area contributed by atoms with Gasteiger partial charge in [-0.2, -0.15) is 0 Å². The highest BCUT2D eigenvalue weighted by Crippen LogP contribution is 2.30. The fourth-order valence-electron chi connectivity index (χ4n) is 3.23. The van der Waals surface area contributed by atoms with Crippen molar-refractivity contribution in [2.45, 2.75) is 58.4 Å². The van der Waals surface area contributed by atoms with Crippen LogP contribution in [0.4, 0.5) is 4.79 Å². The van der Waals surface area contributed by atoms with Crippen molar-refractivity contribution < 1.29 is 14.7 Å². The molecule has 2 atom stereocenters. The maximum atomic E-state index is 12.3. The van der Waals surface area contributed by atoms with Crippen molar-refractivity contribution in [3.8, 4) is 0 Å². The number of carbonyl (C=O) groups is 2. The lowest BCUT2D eigenvalue weighted by Gasteiger charge is -2.25.